The van der Waals surface area contributed by atoms with Gasteiger partial charge in [0.15, 0.2) is 0 Å². The van der Waals surface area contributed by atoms with E-state index >= 15 is 0 Å². The van der Waals surface area contributed by atoms with Gasteiger partial charge in [-0.2, -0.15) is 10.5 Å². The topological polar surface area (TPSA) is 77.1 Å². The van der Waals surface area contributed by atoms with E-state index in [1.54, 1.807) is 30.3 Å². The maximum absolute atomic E-state index is 11.7. The molecule has 0 amide bonds. The lowest BCUT2D eigenvalue weighted by Gasteiger charge is -2.18. The fourth-order valence-electron chi connectivity index (χ4n) is 2.96. The van der Waals surface area contributed by atoms with Crippen molar-refractivity contribution in [1.29, 1.82) is 10.5 Å². The minimum absolute atomic E-state index is 0.0717. The summed E-state index contributed by atoms with van der Waals surface area (Å²) >= 11 is 0. The van der Waals surface area contributed by atoms with Crippen LogP contribution >= 0.6 is 0 Å². The first-order valence-electron chi connectivity index (χ1n) is 9.25. The van der Waals surface area contributed by atoms with Crippen molar-refractivity contribution in [2.75, 3.05) is 7.11 Å². The Labute approximate surface area is 175 Å². The molecule has 0 saturated heterocycles. The van der Waals surface area contributed by atoms with Crippen LogP contribution in [0.2, 0.25) is 0 Å². The highest BCUT2D eigenvalue weighted by Gasteiger charge is 2.09. The van der Waals surface area contributed by atoms with E-state index in [9.17, 15) is 10.1 Å². The summed E-state index contributed by atoms with van der Waals surface area (Å²) in [6, 6.07) is 20.9. The van der Waals surface area contributed by atoms with Gasteiger partial charge < -0.3 is 9.64 Å². The molecule has 0 aliphatic carbocycles. The number of nitriles is 2. The number of hydrogen-bond acceptors (Lipinski definition) is 5. The third-order valence-electron chi connectivity index (χ3n) is 4.54. The fraction of sp³-hybridized carbons (Fsp3) is 0.0800. The molecule has 0 atom stereocenters. The van der Waals surface area contributed by atoms with Gasteiger partial charge in [-0.25, -0.2) is 4.79 Å². The molecular formula is C25H19N3O2. The van der Waals surface area contributed by atoms with E-state index in [1.165, 1.54) is 12.7 Å². The van der Waals surface area contributed by atoms with Crippen molar-refractivity contribution in [3.63, 3.8) is 0 Å². The van der Waals surface area contributed by atoms with Crippen LogP contribution in [-0.2, 0) is 16.1 Å². The molecule has 0 unspecified atom stereocenters. The molecule has 0 N–H and O–H groups in total. The van der Waals surface area contributed by atoms with Gasteiger partial charge in [0.1, 0.15) is 11.6 Å². The number of hydrogen-bond donors (Lipinski definition) is 0. The first kappa shape index (κ1) is 20.4. The Balaban J connectivity index is 1.85. The van der Waals surface area contributed by atoms with Gasteiger partial charge in [0.05, 0.1) is 18.8 Å². The largest absolute Gasteiger partial charge is 0.465 e. The first-order valence-corrected chi connectivity index (χ1v) is 9.25. The van der Waals surface area contributed by atoms with E-state index in [2.05, 4.69) is 27.8 Å². The molecule has 0 aromatic heterocycles. The third kappa shape index (κ3) is 4.92. The normalized spacial score (nSPS) is 12.0. The average Bonchev–Trinajstić information content (AvgIpc) is 2.80. The summed E-state index contributed by atoms with van der Waals surface area (Å²) in [5.74, 6) is -0.686. The van der Waals surface area contributed by atoms with Crippen molar-refractivity contribution in [2.45, 2.75) is 6.54 Å². The van der Waals surface area contributed by atoms with Crippen LogP contribution < -0.4 is 10.4 Å². The highest BCUT2D eigenvalue weighted by atomic mass is 16.5. The Kier molecular flexibility index (Phi) is 6.61. The number of rotatable bonds is 4. The standard InChI is InChI=1S/C25H19N3O2/c1-30-25(29)24(17-27)22-9-7-21(8-10-22)23(16-26)15-19-11-13-28(14-12-19)18-20-5-3-2-4-6-20/h2-15H,18H2,1H3. The zero-order chi connectivity index (χ0) is 21.3. The monoisotopic (exact) mass is 393 g/mol. The second kappa shape index (κ2) is 9.73. The van der Waals surface area contributed by atoms with Gasteiger partial charge in [-0.15, -0.1) is 0 Å². The van der Waals surface area contributed by atoms with Crippen molar-refractivity contribution < 1.29 is 9.53 Å². The number of carbonyl (C=O) groups excluding carboxylic acids is 1. The molecule has 1 aliphatic rings. The summed E-state index contributed by atoms with van der Waals surface area (Å²) in [6.07, 6.45) is 9.65. The fourth-order valence-corrected chi connectivity index (χ4v) is 2.96. The van der Waals surface area contributed by atoms with E-state index in [-0.39, 0.29) is 5.57 Å². The summed E-state index contributed by atoms with van der Waals surface area (Å²) in [6.45, 7) is 0.773. The number of carbonyl (C=O) groups is 1. The van der Waals surface area contributed by atoms with Crippen LogP contribution in [0.5, 0.6) is 0 Å². The maximum Gasteiger partial charge on any atom is 0.349 e. The summed E-state index contributed by atoms with van der Waals surface area (Å²) in [5.41, 5.74) is 2.53. The summed E-state index contributed by atoms with van der Waals surface area (Å²) in [5, 5.41) is 19.9. The van der Waals surface area contributed by atoms with Gasteiger partial charge in [0.25, 0.3) is 0 Å². The SMILES string of the molecule is COC(=O)C(C#N)=c1ccc(=C(C#N)C=C2C=CN(Cc3ccccc3)C=C2)cc1. The molecule has 146 valence electrons. The second-order valence-electron chi connectivity index (χ2n) is 6.51. The van der Waals surface area contributed by atoms with Crippen LogP contribution in [0.25, 0.3) is 11.1 Å². The molecule has 2 aromatic carbocycles. The van der Waals surface area contributed by atoms with Crippen molar-refractivity contribution in [3.05, 3.63) is 107 Å². The summed E-state index contributed by atoms with van der Waals surface area (Å²) < 4.78 is 4.62. The highest BCUT2D eigenvalue weighted by Crippen LogP contribution is 2.14. The smallest absolute Gasteiger partial charge is 0.349 e. The van der Waals surface area contributed by atoms with Crippen LogP contribution in [0.3, 0.4) is 0 Å². The van der Waals surface area contributed by atoms with Crippen LogP contribution in [0.4, 0.5) is 0 Å². The molecule has 0 spiro atoms. The van der Waals surface area contributed by atoms with E-state index in [1.807, 2.05) is 48.8 Å². The number of allylic oxidation sites excluding steroid dienone is 4. The van der Waals surface area contributed by atoms with Crippen molar-refractivity contribution in [3.8, 4) is 12.1 Å². The van der Waals surface area contributed by atoms with Crippen LogP contribution in [0.15, 0.2) is 90.8 Å². The highest BCUT2D eigenvalue weighted by molar-refractivity contribution is 6.15. The third-order valence-corrected chi connectivity index (χ3v) is 4.54. The molecule has 0 fully saturated rings. The molecule has 3 rings (SSSR count). The Morgan fingerprint density at radius 3 is 2.17 bits per heavy atom. The van der Waals surface area contributed by atoms with Gasteiger partial charge >= 0.3 is 5.97 Å². The van der Waals surface area contributed by atoms with E-state index < -0.39 is 5.97 Å². The second-order valence-corrected chi connectivity index (χ2v) is 6.51. The molecular weight excluding hydrogens is 374 g/mol. The van der Waals surface area contributed by atoms with Gasteiger partial charge in [0.2, 0.25) is 0 Å². The molecule has 2 aromatic rings. The quantitative estimate of drug-likeness (QED) is 0.747. The predicted octanol–water partition coefficient (Wildman–Crippen LogP) is 2.68. The number of methoxy groups -OCH3 is 1. The Hall–Kier alpha value is -4.35. The molecule has 1 aliphatic heterocycles. The molecule has 0 saturated carbocycles. The average molecular weight is 393 g/mol. The lowest BCUT2D eigenvalue weighted by atomic mass is 10.1. The van der Waals surface area contributed by atoms with Gasteiger partial charge in [0, 0.05) is 18.9 Å². The summed E-state index contributed by atoms with van der Waals surface area (Å²) in [4.78, 5) is 13.7. The zero-order valence-corrected chi connectivity index (χ0v) is 16.4. The number of ether oxygens (including phenoxy) is 1. The Morgan fingerprint density at radius 2 is 1.60 bits per heavy atom. The van der Waals surface area contributed by atoms with Gasteiger partial charge in [-0.05, 0) is 39.8 Å². The minimum Gasteiger partial charge on any atom is -0.465 e. The first-order chi connectivity index (χ1) is 14.6. The van der Waals surface area contributed by atoms with Gasteiger partial charge in [-0.1, -0.05) is 54.6 Å². The molecule has 5 heteroatoms. The van der Waals surface area contributed by atoms with E-state index in [4.69, 9.17) is 5.26 Å². The van der Waals surface area contributed by atoms with Crippen LogP contribution in [0.1, 0.15) is 5.56 Å². The lowest BCUT2D eigenvalue weighted by molar-refractivity contribution is -0.133. The minimum atomic E-state index is -0.686. The lowest BCUT2D eigenvalue weighted by Crippen LogP contribution is -2.16. The van der Waals surface area contributed by atoms with Crippen LogP contribution in [0, 0.1) is 22.7 Å². The number of benzene rings is 2. The molecule has 0 radical (unpaired) electrons. The van der Waals surface area contributed by atoms with Crippen molar-refractivity contribution >= 4 is 17.1 Å². The van der Waals surface area contributed by atoms with E-state index in [0.29, 0.717) is 16.0 Å². The van der Waals surface area contributed by atoms with Crippen molar-refractivity contribution in [1.82, 2.24) is 4.90 Å². The number of nitrogens with zero attached hydrogens (tertiary/aromatic N) is 3. The summed E-state index contributed by atoms with van der Waals surface area (Å²) in [7, 11) is 1.23. The zero-order valence-electron chi connectivity index (χ0n) is 16.4. The van der Waals surface area contributed by atoms with Crippen LogP contribution in [-0.4, -0.2) is 18.0 Å². The van der Waals surface area contributed by atoms with Crippen molar-refractivity contribution in [2.24, 2.45) is 0 Å². The molecule has 5 nitrogen and oxygen atoms in total. The molecule has 0 bridgehead atoms. The predicted molar refractivity (Wildman–Crippen MR) is 114 cm³/mol. The van der Waals surface area contributed by atoms with Gasteiger partial charge in [-0.3, -0.25) is 0 Å². The molecule has 30 heavy (non-hydrogen) atoms. The maximum atomic E-state index is 11.7. The number of esters is 1. The Morgan fingerprint density at radius 1 is 0.967 bits per heavy atom. The Bertz CT molecular complexity index is 1200. The van der Waals surface area contributed by atoms with E-state index in [0.717, 1.165) is 12.1 Å². The molecule has 1 heterocycles.